The Morgan fingerprint density at radius 2 is 1.90 bits per heavy atom. The van der Waals surface area contributed by atoms with Crippen molar-refractivity contribution in [2.45, 2.75) is 0 Å². The van der Waals surface area contributed by atoms with Gasteiger partial charge in [0, 0.05) is 7.05 Å². The molecule has 0 saturated carbocycles. The molecule has 0 aliphatic heterocycles. The van der Waals surface area contributed by atoms with Gasteiger partial charge in [-0.05, 0) is 30.3 Å². The highest BCUT2D eigenvalue weighted by atomic mass is 16.4. The summed E-state index contributed by atoms with van der Waals surface area (Å²) in [6, 6.07) is 14.4. The zero-order chi connectivity index (χ0) is 14.1. The highest BCUT2D eigenvalue weighted by Gasteiger charge is 2.17. The third kappa shape index (κ3) is 1.99. The van der Waals surface area contributed by atoms with Crippen molar-refractivity contribution >= 4 is 28.5 Å². The molecule has 1 N–H and O–H groups in total. The molecule has 0 fully saturated rings. The van der Waals surface area contributed by atoms with Crippen LogP contribution in [-0.2, 0) is 7.05 Å². The Kier molecular flexibility index (Phi) is 2.87. The van der Waals surface area contributed by atoms with Crippen LogP contribution in [0.1, 0.15) is 0 Å². The molecule has 0 aliphatic rings. The van der Waals surface area contributed by atoms with E-state index < -0.39 is 6.09 Å². The Morgan fingerprint density at radius 3 is 2.60 bits per heavy atom. The van der Waals surface area contributed by atoms with Crippen molar-refractivity contribution in [1.82, 2.24) is 9.55 Å². The fraction of sp³-hybridized carbons (Fsp3) is 0.0667. The van der Waals surface area contributed by atoms with Gasteiger partial charge in [-0.25, -0.2) is 14.7 Å². The highest BCUT2D eigenvalue weighted by Crippen LogP contribution is 2.28. The van der Waals surface area contributed by atoms with Crippen molar-refractivity contribution in [3.8, 4) is 0 Å². The van der Waals surface area contributed by atoms with Gasteiger partial charge in [0.2, 0.25) is 0 Å². The van der Waals surface area contributed by atoms with E-state index in [2.05, 4.69) is 4.98 Å². The Balaban J connectivity index is 2.14. The van der Waals surface area contributed by atoms with Crippen LogP contribution in [0.4, 0.5) is 16.2 Å². The molecular weight excluding hydrogens is 254 g/mol. The fourth-order valence-corrected chi connectivity index (χ4v) is 2.20. The second-order valence-electron chi connectivity index (χ2n) is 4.48. The lowest BCUT2D eigenvalue weighted by molar-refractivity contribution is 0.205. The number of nitrogens with zero attached hydrogens (tertiary/aromatic N) is 3. The summed E-state index contributed by atoms with van der Waals surface area (Å²) in [5.74, 6) is 0. The number of fused-ring (bicyclic) bond motifs is 1. The van der Waals surface area contributed by atoms with Gasteiger partial charge in [0.25, 0.3) is 0 Å². The van der Waals surface area contributed by atoms with Gasteiger partial charge >= 0.3 is 6.09 Å². The highest BCUT2D eigenvalue weighted by molar-refractivity contribution is 5.96. The molecule has 0 saturated heterocycles. The summed E-state index contributed by atoms with van der Waals surface area (Å²) in [6.07, 6.45) is 0.694. The van der Waals surface area contributed by atoms with E-state index in [1.165, 1.54) is 4.90 Å². The van der Waals surface area contributed by atoms with Crippen molar-refractivity contribution in [1.29, 1.82) is 0 Å². The topological polar surface area (TPSA) is 58.4 Å². The summed E-state index contributed by atoms with van der Waals surface area (Å²) in [4.78, 5) is 17.1. The number of rotatable bonds is 2. The number of hydrogen-bond acceptors (Lipinski definition) is 2. The normalized spacial score (nSPS) is 10.7. The Morgan fingerprint density at radius 1 is 1.15 bits per heavy atom. The van der Waals surface area contributed by atoms with Crippen molar-refractivity contribution in [2.75, 3.05) is 4.90 Å². The third-order valence-corrected chi connectivity index (χ3v) is 3.17. The van der Waals surface area contributed by atoms with E-state index in [1.807, 2.05) is 41.9 Å². The van der Waals surface area contributed by atoms with Crippen LogP contribution in [0.2, 0.25) is 0 Å². The number of imidazole rings is 1. The molecule has 1 amide bonds. The van der Waals surface area contributed by atoms with Crippen LogP contribution in [0.3, 0.4) is 0 Å². The van der Waals surface area contributed by atoms with Crippen LogP contribution in [-0.4, -0.2) is 20.8 Å². The Labute approximate surface area is 115 Å². The first-order chi connectivity index (χ1) is 9.66. The molecule has 0 spiro atoms. The first-order valence-electron chi connectivity index (χ1n) is 6.16. The number of aromatic nitrogens is 2. The third-order valence-electron chi connectivity index (χ3n) is 3.17. The number of hydrogen-bond donors (Lipinski definition) is 1. The van der Waals surface area contributed by atoms with Crippen LogP contribution >= 0.6 is 0 Å². The van der Waals surface area contributed by atoms with E-state index in [1.54, 1.807) is 24.5 Å². The largest absolute Gasteiger partial charge is 0.464 e. The molecule has 1 aromatic heterocycles. The predicted molar refractivity (Wildman–Crippen MR) is 77.3 cm³/mol. The molecule has 5 nitrogen and oxygen atoms in total. The molecule has 5 heteroatoms. The molecule has 2 aromatic carbocycles. The van der Waals surface area contributed by atoms with Crippen molar-refractivity contribution in [3.05, 3.63) is 54.9 Å². The summed E-state index contributed by atoms with van der Waals surface area (Å²) in [5, 5.41) is 9.48. The van der Waals surface area contributed by atoms with E-state index in [0.717, 1.165) is 11.0 Å². The Bertz CT molecular complexity index is 765. The second-order valence-corrected chi connectivity index (χ2v) is 4.48. The van der Waals surface area contributed by atoms with Gasteiger partial charge in [-0.1, -0.05) is 18.2 Å². The number of benzene rings is 2. The molecule has 0 aliphatic carbocycles. The molecule has 100 valence electrons. The molecule has 1 heterocycles. The lowest BCUT2D eigenvalue weighted by Crippen LogP contribution is -2.23. The SMILES string of the molecule is Cn1cnc2ccc(N(C(=O)O)c3ccccc3)cc21. The number of para-hydroxylation sites is 1. The maximum atomic E-state index is 11.6. The van der Waals surface area contributed by atoms with E-state index in [-0.39, 0.29) is 0 Å². The van der Waals surface area contributed by atoms with Crippen LogP contribution in [0.15, 0.2) is 54.9 Å². The second kappa shape index (κ2) is 4.70. The van der Waals surface area contributed by atoms with Crippen LogP contribution in [0, 0.1) is 0 Å². The minimum atomic E-state index is -1.02. The maximum Gasteiger partial charge on any atom is 0.416 e. The molecule has 3 aromatic rings. The zero-order valence-electron chi connectivity index (χ0n) is 10.9. The van der Waals surface area contributed by atoms with Gasteiger partial charge in [-0.15, -0.1) is 0 Å². The lowest BCUT2D eigenvalue weighted by Gasteiger charge is -2.19. The van der Waals surface area contributed by atoms with Gasteiger partial charge in [0.15, 0.2) is 0 Å². The summed E-state index contributed by atoms with van der Waals surface area (Å²) >= 11 is 0. The quantitative estimate of drug-likeness (QED) is 0.774. The van der Waals surface area contributed by atoms with Crippen LogP contribution in [0.25, 0.3) is 11.0 Å². The van der Waals surface area contributed by atoms with E-state index in [0.29, 0.717) is 11.4 Å². The molecule has 0 atom stereocenters. The summed E-state index contributed by atoms with van der Waals surface area (Å²) < 4.78 is 1.86. The van der Waals surface area contributed by atoms with Crippen LogP contribution in [0.5, 0.6) is 0 Å². The fourth-order valence-electron chi connectivity index (χ4n) is 2.20. The molecule has 0 bridgehead atoms. The standard InChI is InChI=1S/C15H13N3O2/c1-17-10-16-13-8-7-12(9-14(13)17)18(15(19)20)11-5-3-2-4-6-11/h2-10H,1H3,(H,19,20). The minimum absolute atomic E-state index is 0.597. The van der Waals surface area contributed by atoms with Crippen molar-refractivity contribution in [3.63, 3.8) is 0 Å². The van der Waals surface area contributed by atoms with Crippen LogP contribution < -0.4 is 4.90 Å². The first kappa shape index (κ1) is 12.2. The van der Waals surface area contributed by atoms with Gasteiger partial charge in [-0.3, -0.25) is 0 Å². The average molecular weight is 267 g/mol. The smallest absolute Gasteiger partial charge is 0.416 e. The summed E-state index contributed by atoms with van der Waals surface area (Å²) in [6.45, 7) is 0. The minimum Gasteiger partial charge on any atom is -0.464 e. The number of carboxylic acid groups (broad SMARTS) is 1. The van der Waals surface area contributed by atoms with Gasteiger partial charge in [0.05, 0.1) is 28.7 Å². The maximum absolute atomic E-state index is 11.6. The number of aryl methyl sites for hydroxylation is 1. The van der Waals surface area contributed by atoms with Gasteiger partial charge in [-0.2, -0.15) is 0 Å². The van der Waals surface area contributed by atoms with Gasteiger partial charge in [0.1, 0.15) is 0 Å². The average Bonchev–Trinajstić information content (AvgIpc) is 2.81. The van der Waals surface area contributed by atoms with E-state index in [4.69, 9.17) is 0 Å². The van der Waals surface area contributed by atoms with Crippen molar-refractivity contribution < 1.29 is 9.90 Å². The number of carbonyl (C=O) groups is 1. The predicted octanol–water partition coefficient (Wildman–Crippen LogP) is 3.39. The summed E-state index contributed by atoms with van der Waals surface area (Å²) in [7, 11) is 1.88. The van der Waals surface area contributed by atoms with E-state index in [9.17, 15) is 9.90 Å². The van der Waals surface area contributed by atoms with Gasteiger partial charge < -0.3 is 9.67 Å². The number of anilines is 2. The van der Waals surface area contributed by atoms with Crippen molar-refractivity contribution in [2.24, 2.45) is 7.05 Å². The number of amides is 1. The summed E-state index contributed by atoms with van der Waals surface area (Å²) in [5.41, 5.74) is 2.95. The molecule has 0 unspecified atom stereocenters. The van der Waals surface area contributed by atoms with E-state index >= 15 is 0 Å². The molecule has 20 heavy (non-hydrogen) atoms. The monoisotopic (exact) mass is 267 g/mol. The lowest BCUT2D eigenvalue weighted by atomic mass is 10.2. The zero-order valence-corrected chi connectivity index (χ0v) is 10.9. The first-order valence-corrected chi connectivity index (χ1v) is 6.16. The molecule has 0 radical (unpaired) electrons. The Hall–Kier alpha value is -2.82. The molecular formula is C15H13N3O2. The molecule has 3 rings (SSSR count).